The Morgan fingerprint density at radius 2 is 1.93 bits per heavy atom. The summed E-state index contributed by atoms with van der Waals surface area (Å²) in [6, 6.07) is 5.68. The normalized spacial score (nSPS) is 24.6. The molecule has 0 aromatic heterocycles. The number of carbonyl (C=O) groups excluding carboxylic acids is 3. The van der Waals surface area contributed by atoms with E-state index in [0.29, 0.717) is 18.9 Å². The Bertz CT molecular complexity index is 814. The standard InChI is InChI=1S/C22H30N4O3/c1-14(23)11-15-7-9-25(10-8-15)12-16-3-2-4-17-13-26(22(29)20(16)17)18-5-6-19(27)24-21(18)28/h2-4,14-15,18H,5-13,23H2,1H3,(H,24,27,28). The third-order valence-electron chi connectivity index (χ3n) is 6.45. The van der Waals surface area contributed by atoms with Crippen molar-refractivity contribution in [2.24, 2.45) is 11.7 Å². The van der Waals surface area contributed by atoms with Crippen LogP contribution in [0, 0.1) is 5.92 Å². The molecule has 2 unspecified atom stereocenters. The highest BCUT2D eigenvalue weighted by molar-refractivity contribution is 6.05. The summed E-state index contributed by atoms with van der Waals surface area (Å²) in [4.78, 5) is 40.9. The van der Waals surface area contributed by atoms with Crippen LogP contribution in [0.25, 0.3) is 0 Å². The first-order chi connectivity index (χ1) is 13.9. The molecule has 2 fully saturated rings. The smallest absolute Gasteiger partial charge is 0.255 e. The maximum Gasteiger partial charge on any atom is 0.255 e. The number of fused-ring (bicyclic) bond motifs is 1. The lowest BCUT2D eigenvalue weighted by Gasteiger charge is -2.33. The molecule has 29 heavy (non-hydrogen) atoms. The summed E-state index contributed by atoms with van der Waals surface area (Å²) < 4.78 is 0. The summed E-state index contributed by atoms with van der Waals surface area (Å²) in [5, 5.41) is 2.36. The first-order valence-corrected chi connectivity index (χ1v) is 10.7. The number of nitrogens with zero attached hydrogens (tertiary/aromatic N) is 2. The Balaban J connectivity index is 1.44. The lowest BCUT2D eigenvalue weighted by atomic mass is 9.90. The molecule has 1 aromatic carbocycles. The summed E-state index contributed by atoms with van der Waals surface area (Å²) in [6.45, 7) is 5.30. The molecule has 0 bridgehead atoms. The number of piperidine rings is 2. The third-order valence-corrected chi connectivity index (χ3v) is 6.45. The zero-order valence-corrected chi connectivity index (χ0v) is 17.0. The van der Waals surface area contributed by atoms with Gasteiger partial charge in [-0.2, -0.15) is 0 Å². The molecule has 0 aliphatic carbocycles. The number of likely N-dealkylation sites (tertiary alicyclic amines) is 1. The van der Waals surface area contributed by atoms with Crippen molar-refractivity contribution >= 4 is 17.7 Å². The number of imide groups is 1. The second kappa shape index (κ2) is 8.24. The van der Waals surface area contributed by atoms with Crippen molar-refractivity contribution in [3.05, 3.63) is 34.9 Å². The average Bonchev–Trinajstić information content (AvgIpc) is 3.00. The minimum absolute atomic E-state index is 0.0862. The van der Waals surface area contributed by atoms with Gasteiger partial charge in [-0.3, -0.25) is 24.6 Å². The van der Waals surface area contributed by atoms with Crippen LogP contribution >= 0.6 is 0 Å². The first-order valence-electron chi connectivity index (χ1n) is 10.7. The fraction of sp³-hybridized carbons (Fsp3) is 0.591. The average molecular weight is 399 g/mol. The highest BCUT2D eigenvalue weighted by atomic mass is 16.2. The largest absolute Gasteiger partial charge is 0.328 e. The molecule has 3 aliphatic rings. The van der Waals surface area contributed by atoms with Crippen LogP contribution in [0.5, 0.6) is 0 Å². The molecule has 2 saturated heterocycles. The number of rotatable bonds is 5. The summed E-state index contributed by atoms with van der Waals surface area (Å²) in [5.74, 6) is -0.0157. The fourth-order valence-corrected chi connectivity index (χ4v) is 4.97. The maximum atomic E-state index is 13.2. The van der Waals surface area contributed by atoms with E-state index in [1.54, 1.807) is 4.90 Å². The molecule has 2 atom stereocenters. The lowest BCUT2D eigenvalue weighted by molar-refractivity contribution is -0.136. The molecule has 0 radical (unpaired) electrons. The Morgan fingerprint density at radius 1 is 1.17 bits per heavy atom. The van der Waals surface area contributed by atoms with Gasteiger partial charge in [0, 0.05) is 31.1 Å². The van der Waals surface area contributed by atoms with Crippen LogP contribution in [0.2, 0.25) is 0 Å². The first kappa shape index (κ1) is 20.0. The molecular formula is C22H30N4O3. The van der Waals surface area contributed by atoms with Crippen molar-refractivity contribution in [3.8, 4) is 0 Å². The second-order valence-corrected chi connectivity index (χ2v) is 8.78. The van der Waals surface area contributed by atoms with Crippen molar-refractivity contribution in [2.75, 3.05) is 13.1 Å². The molecule has 3 N–H and O–H groups in total. The predicted octanol–water partition coefficient (Wildman–Crippen LogP) is 1.40. The summed E-state index contributed by atoms with van der Waals surface area (Å²) in [7, 11) is 0. The Labute approximate surface area is 171 Å². The quantitative estimate of drug-likeness (QED) is 0.731. The number of benzene rings is 1. The summed E-state index contributed by atoms with van der Waals surface area (Å²) >= 11 is 0. The van der Waals surface area contributed by atoms with Crippen LogP contribution in [0.15, 0.2) is 18.2 Å². The Kier molecular flexibility index (Phi) is 5.69. The van der Waals surface area contributed by atoms with Crippen molar-refractivity contribution < 1.29 is 14.4 Å². The van der Waals surface area contributed by atoms with Gasteiger partial charge >= 0.3 is 0 Å². The van der Waals surface area contributed by atoms with Gasteiger partial charge in [0.05, 0.1) is 0 Å². The molecule has 1 aromatic rings. The van der Waals surface area contributed by atoms with Crippen molar-refractivity contribution in [1.82, 2.24) is 15.1 Å². The minimum Gasteiger partial charge on any atom is -0.328 e. The van der Waals surface area contributed by atoms with Crippen LogP contribution in [0.4, 0.5) is 0 Å². The second-order valence-electron chi connectivity index (χ2n) is 8.78. The zero-order chi connectivity index (χ0) is 20.5. The van der Waals surface area contributed by atoms with Crippen LogP contribution in [0.3, 0.4) is 0 Å². The summed E-state index contributed by atoms with van der Waals surface area (Å²) in [6.07, 6.45) is 4.04. The molecule has 3 heterocycles. The van der Waals surface area contributed by atoms with Gasteiger partial charge < -0.3 is 10.6 Å². The molecule has 7 nitrogen and oxygen atoms in total. The number of carbonyl (C=O) groups is 3. The number of nitrogens with one attached hydrogen (secondary N) is 1. The molecule has 4 rings (SSSR count). The highest BCUT2D eigenvalue weighted by Gasteiger charge is 2.40. The lowest BCUT2D eigenvalue weighted by Crippen LogP contribution is -2.52. The van der Waals surface area contributed by atoms with E-state index in [-0.39, 0.29) is 30.2 Å². The number of hydrogen-bond donors (Lipinski definition) is 2. The van der Waals surface area contributed by atoms with Gasteiger partial charge in [0.2, 0.25) is 11.8 Å². The Hall–Kier alpha value is -2.25. The van der Waals surface area contributed by atoms with Crippen molar-refractivity contribution in [2.45, 2.75) is 64.2 Å². The van der Waals surface area contributed by atoms with E-state index < -0.39 is 6.04 Å². The van der Waals surface area contributed by atoms with E-state index in [2.05, 4.69) is 17.1 Å². The molecule has 3 aliphatic heterocycles. The van der Waals surface area contributed by atoms with E-state index >= 15 is 0 Å². The van der Waals surface area contributed by atoms with Gasteiger partial charge in [-0.15, -0.1) is 0 Å². The number of amides is 3. The molecule has 0 spiro atoms. The molecule has 0 saturated carbocycles. The van der Waals surface area contributed by atoms with E-state index in [9.17, 15) is 14.4 Å². The van der Waals surface area contributed by atoms with E-state index in [4.69, 9.17) is 5.73 Å². The Morgan fingerprint density at radius 3 is 2.62 bits per heavy atom. The van der Waals surface area contributed by atoms with E-state index in [1.165, 1.54) is 0 Å². The number of hydrogen-bond acceptors (Lipinski definition) is 5. The van der Waals surface area contributed by atoms with Crippen molar-refractivity contribution in [1.29, 1.82) is 0 Å². The van der Waals surface area contributed by atoms with E-state index in [1.807, 2.05) is 18.2 Å². The summed E-state index contributed by atoms with van der Waals surface area (Å²) in [5.41, 5.74) is 8.70. The van der Waals surface area contributed by atoms with Crippen LogP contribution < -0.4 is 11.1 Å². The molecular weight excluding hydrogens is 368 g/mol. The van der Waals surface area contributed by atoms with Crippen LogP contribution in [-0.4, -0.2) is 52.7 Å². The van der Waals surface area contributed by atoms with Crippen LogP contribution in [-0.2, 0) is 22.7 Å². The van der Waals surface area contributed by atoms with Gasteiger partial charge in [-0.25, -0.2) is 0 Å². The SMILES string of the molecule is CC(N)CC1CCN(Cc2cccc3c2C(=O)N(C2CCC(=O)NC2=O)C3)CC1. The number of nitrogens with two attached hydrogens (primary N) is 1. The van der Waals surface area contributed by atoms with E-state index in [0.717, 1.165) is 55.6 Å². The van der Waals surface area contributed by atoms with Crippen molar-refractivity contribution in [3.63, 3.8) is 0 Å². The monoisotopic (exact) mass is 398 g/mol. The molecule has 156 valence electrons. The molecule has 3 amide bonds. The molecule has 7 heteroatoms. The highest BCUT2D eigenvalue weighted by Crippen LogP contribution is 2.31. The minimum atomic E-state index is -0.561. The maximum absolute atomic E-state index is 13.2. The van der Waals surface area contributed by atoms with Gasteiger partial charge in [-0.1, -0.05) is 18.2 Å². The van der Waals surface area contributed by atoms with Gasteiger partial charge in [0.15, 0.2) is 0 Å². The predicted molar refractivity (Wildman–Crippen MR) is 109 cm³/mol. The van der Waals surface area contributed by atoms with Gasteiger partial charge in [0.1, 0.15) is 6.04 Å². The van der Waals surface area contributed by atoms with Gasteiger partial charge in [0.25, 0.3) is 5.91 Å². The third kappa shape index (κ3) is 4.21. The van der Waals surface area contributed by atoms with Crippen LogP contribution in [0.1, 0.15) is 60.5 Å². The fourth-order valence-electron chi connectivity index (χ4n) is 4.97. The zero-order valence-electron chi connectivity index (χ0n) is 17.0. The van der Waals surface area contributed by atoms with Gasteiger partial charge in [-0.05, 0) is 62.7 Å². The topological polar surface area (TPSA) is 95.7 Å².